The van der Waals surface area contributed by atoms with E-state index in [0.29, 0.717) is 10.9 Å². The number of hydrogen-bond donors (Lipinski definition) is 1. The van der Waals surface area contributed by atoms with E-state index in [1.54, 1.807) is 0 Å². The number of rotatable bonds is 4. The van der Waals surface area contributed by atoms with Crippen LogP contribution in [0.2, 0.25) is 0 Å². The molecule has 1 N–H and O–H groups in total. The molecular formula is C13H10F2N4OS2. The quantitative estimate of drug-likeness (QED) is 0.740. The molecule has 0 spiro atoms. The molecule has 2 aromatic heterocycles. The summed E-state index contributed by atoms with van der Waals surface area (Å²) >= 11 is 2.44. The van der Waals surface area contributed by atoms with Gasteiger partial charge in [-0.25, -0.2) is 13.8 Å². The van der Waals surface area contributed by atoms with Crippen LogP contribution in [0.25, 0.3) is 5.78 Å². The Labute approximate surface area is 132 Å². The van der Waals surface area contributed by atoms with Crippen molar-refractivity contribution in [3.63, 3.8) is 0 Å². The number of thioether (sulfide) groups is 2. The summed E-state index contributed by atoms with van der Waals surface area (Å²) in [7, 11) is 0. The minimum atomic E-state index is -0.898. The van der Waals surface area contributed by atoms with Crippen molar-refractivity contribution in [2.75, 3.05) is 6.26 Å². The lowest BCUT2D eigenvalue weighted by Crippen LogP contribution is -2.15. The topological polar surface area (TPSA) is 63.1 Å². The van der Waals surface area contributed by atoms with Crippen LogP contribution < -0.4 is 5.56 Å². The Hall–Kier alpha value is -1.87. The third-order valence-corrected chi connectivity index (χ3v) is 4.48. The van der Waals surface area contributed by atoms with Gasteiger partial charge in [0.2, 0.25) is 0 Å². The number of aromatic amines is 1. The van der Waals surface area contributed by atoms with Gasteiger partial charge in [-0.1, -0.05) is 17.8 Å². The lowest BCUT2D eigenvalue weighted by molar-refractivity contribution is 0.491. The highest BCUT2D eigenvalue weighted by Gasteiger charge is 2.11. The van der Waals surface area contributed by atoms with Gasteiger partial charge in [-0.05, 0) is 18.4 Å². The second-order valence-electron chi connectivity index (χ2n) is 4.29. The predicted octanol–water partition coefficient (Wildman–Crippen LogP) is 2.71. The van der Waals surface area contributed by atoms with Gasteiger partial charge >= 0.3 is 0 Å². The van der Waals surface area contributed by atoms with Crippen LogP contribution in [0.1, 0.15) is 5.69 Å². The molecule has 0 fully saturated rings. The Morgan fingerprint density at radius 2 is 2.14 bits per heavy atom. The van der Waals surface area contributed by atoms with Crippen molar-refractivity contribution in [2.24, 2.45) is 0 Å². The van der Waals surface area contributed by atoms with E-state index in [0.717, 1.165) is 17.8 Å². The number of benzene rings is 1. The largest absolute Gasteiger partial charge is 0.274 e. The normalized spacial score (nSPS) is 11.2. The number of fused-ring (bicyclic) bond motifs is 1. The maximum absolute atomic E-state index is 13.6. The van der Waals surface area contributed by atoms with E-state index in [1.807, 2.05) is 6.26 Å². The molecule has 3 aromatic rings. The third-order valence-electron chi connectivity index (χ3n) is 2.85. The molecule has 0 saturated heterocycles. The first kappa shape index (κ1) is 15.0. The van der Waals surface area contributed by atoms with Crippen LogP contribution in [0.4, 0.5) is 8.78 Å². The minimum absolute atomic E-state index is 0.175. The SMILES string of the molecule is CSc1nc2nc(CSc3cccc(F)c3F)cc(=O)n2[nH]1. The summed E-state index contributed by atoms with van der Waals surface area (Å²) in [6.07, 6.45) is 1.83. The summed E-state index contributed by atoms with van der Waals surface area (Å²) in [5.74, 6) is -1.29. The zero-order valence-electron chi connectivity index (χ0n) is 11.3. The molecule has 0 atom stereocenters. The summed E-state index contributed by atoms with van der Waals surface area (Å²) in [6.45, 7) is 0. The fourth-order valence-corrected chi connectivity index (χ4v) is 3.03. The van der Waals surface area contributed by atoms with Gasteiger partial charge in [-0.2, -0.15) is 9.50 Å². The molecule has 2 heterocycles. The van der Waals surface area contributed by atoms with Crippen molar-refractivity contribution < 1.29 is 8.78 Å². The number of halogens is 2. The van der Waals surface area contributed by atoms with Crippen molar-refractivity contribution >= 4 is 29.3 Å². The second kappa shape index (κ2) is 6.09. The molecule has 0 aliphatic rings. The van der Waals surface area contributed by atoms with Crippen LogP contribution in [0.3, 0.4) is 0 Å². The Kier molecular flexibility index (Phi) is 4.16. The summed E-state index contributed by atoms with van der Waals surface area (Å²) in [4.78, 5) is 20.5. The molecule has 3 rings (SSSR count). The van der Waals surface area contributed by atoms with Crippen LogP contribution in [-0.4, -0.2) is 25.8 Å². The fraction of sp³-hybridized carbons (Fsp3) is 0.154. The van der Waals surface area contributed by atoms with Gasteiger partial charge in [0.1, 0.15) is 0 Å². The van der Waals surface area contributed by atoms with Crippen molar-refractivity contribution in [1.82, 2.24) is 19.6 Å². The second-order valence-corrected chi connectivity index (χ2v) is 6.11. The molecule has 22 heavy (non-hydrogen) atoms. The van der Waals surface area contributed by atoms with E-state index >= 15 is 0 Å². The molecule has 1 aromatic carbocycles. The molecule has 0 amide bonds. The first-order valence-electron chi connectivity index (χ1n) is 6.18. The first-order chi connectivity index (χ1) is 10.6. The zero-order chi connectivity index (χ0) is 15.7. The molecule has 0 unspecified atom stereocenters. The van der Waals surface area contributed by atoms with Gasteiger partial charge in [0.05, 0.1) is 5.69 Å². The van der Waals surface area contributed by atoms with Gasteiger partial charge in [0.25, 0.3) is 11.3 Å². The van der Waals surface area contributed by atoms with Gasteiger partial charge in [-0.3, -0.25) is 9.89 Å². The van der Waals surface area contributed by atoms with Crippen LogP contribution in [0.15, 0.2) is 39.1 Å². The van der Waals surface area contributed by atoms with E-state index in [-0.39, 0.29) is 22.0 Å². The van der Waals surface area contributed by atoms with E-state index < -0.39 is 11.6 Å². The molecule has 0 bridgehead atoms. The van der Waals surface area contributed by atoms with Crippen LogP contribution in [0.5, 0.6) is 0 Å². The van der Waals surface area contributed by atoms with Gasteiger partial charge < -0.3 is 0 Å². The Bertz CT molecular complexity index is 893. The van der Waals surface area contributed by atoms with Crippen LogP contribution >= 0.6 is 23.5 Å². The number of hydrogen-bond acceptors (Lipinski definition) is 5. The number of H-pyrrole nitrogens is 1. The number of nitrogens with zero attached hydrogens (tertiary/aromatic N) is 3. The van der Waals surface area contributed by atoms with E-state index in [2.05, 4.69) is 15.1 Å². The Balaban J connectivity index is 1.88. The van der Waals surface area contributed by atoms with Crippen LogP contribution in [0, 0.1) is 11.6 Å². The minimum Gasteiger partial charge on any atom is -0.267 e. The third kappa shape index (κ3) is 2.86. The van der Waals surface area contributed by atoms with Crippen molar-refractivity contribution in [2.45, 2.75) is 15.8 Å². The summed E-state index contributed by atoms with van der Waals surface area (Å²) < 4.78 is 28.0. The molecule has 0 saturated carbocycles. The maximum Gasteiger partial charge on any atom is 0.274 e. The summed E-state index contributed by atoms with van der Waals surface area (Å²) in [5.41, 5.74) is 0.158. The molecule has 114 valence electrons. The summed E-state index contributed by atoms with van der Waals surface area (Å²) in [6, 6.07) is 5.32. The van der Waals surface area contributed by atoms with Crippen LogP contribution in [-0.2, 0) is 5.75 Å². The molecule has 5 nitrogen and oxygen atoms in total. The molecule has 0 aliphatic carbocycles. The smallest absolute Gasteiger partial charge is 0.267 e. The molecular weight excluding hydrogens is 330 g/mol. The number of aromatic nitrogens is 4. The van der Waals surface area contributed by atoms with Gasteiger partial charge in [-0.15, -0.1) is 11.8 Å². The highest BCUT2D eigenvalue weighted by molar-refractivity contribution is 7.98. The standard InChI is InChI=1S/C13H10F2N4OS2/c1-21-13-17-12-16-7(5-10(20)19(12)18-13)6-22-9-4-2-3-8(14)11(9)15/h2-5H,6H2,1H3,(H,16,17,18). The van der Waals surface area contributed by atoms with Crippen molar-refractivity contribution in [1.29, 1.82) is 0 Å². The molecule has 9 heteroatoms. The lowest BCUT2D eigenvalue weighted by Gasteiger charge is -2.03. The van der Waals surface area contributed by atoms with Crippen molar-refractivity contribution in [3.8, 4) is 0 Å². The summed E-state index contributed by atoms with van der Waals surface area (Å²) in [5, 5.41) is 3.38. The van der Waals surface area contributed by atoms with E-state index in [4.69, 9.17) is 0 Å². The van der Waals surface area contributed by atoms with Gasteiger partial charge in [0, 0.05) is 16.7 Å². The zero-order valence-corrected chi connectivity index (χ0v) is 13.0. The Morgan fingerprint density at radius 1 is 1.32 bits per heavy atom. The van der Waals surface area contributed by atoms with E-state index in [9.17, 15) is 13.6 Å². The average molecular weight is 340 g/mol. The Morgan fingerprint density at radius 3 is 2.91 bits per heavy atom. The fourth-order valence-electron chi connectivity index (χ4n) is 1.82. The first-order valence-corrected chi connectivity index (χ1v) is 8.39. The van der Waals surface area contributed by atoms with Gasteiger partial charge in [0.15, 0.2) is 16.8 Å². The van der Waals surface area contributed by atoms with E-state index in [1.165, 1.54) is 34.5 Å². The predicted molar refractivity (Wildman–Crippen MR) is 81.3 cm³/mol. The number of nitrogens with one attached hydrogen (secondary N) is 1. The highest BCUT2D eigenvalue weighted by Crippen LogP contribution is 2.26. The highest BCUT2D eigenvalue weighted by atomic mass is 32.2. The average Bonchev–Trinajstić information content (AvgIpc) is 2.92. The molecule has 0 radical (unpaired) electrons. The lowest BCUT2D eigenvalue weighted by atomic mass is 10.3. The monoisotopic (exact) mass is 340 g/mol. The van der Waals surface area contributed by atoms with Crippen molar-refractivity contribution in [3.05, 3.63) is 51.9 Å². The maximum atomic E-state index is 13.6. The molecule has 0 aliphatic heterocycles.